The summed E-state index contributed by atoms with van der Waals surface area (Å²) in [5, 5.41) is 9.28. The van der Waals surface area contributed by atoms with Crippen LogP contribution in [-0.2, 0) is 17.8 Å². The topological polar surface area (TPSA) is 109 Å². The van der Waals surface area contributed by atoms with Gasteiger partial charge in [-0.15, -0.1) is 0 Å². The molecule has 2 aliphatic rings. The smallest absolute Gasteiger partial charge is 0.290 e. The van der Waals surface area contributed by atoms with Crippen LogP contribution < -0.4 is 20.1 Å². The lowest BCUT2D eigenvalue weighted by Gasteiger charge is -2.35. The summed E-state index contributed by atoms with van der Waals surface area (Å²) in [6.45, 7) is 7.98. The minimum Gasteiger partial charge on any atom is -0.496 e. The van der Waals surface area contributed by atoms with Gasteiger partial charge in [-0.3, -0.25) is 19.4 Å². The minimum absolute atomic E-state index is 0.0511. The van der Waals surface area contributed by atoms with Gasteiger partial charge in [0.15, 0.2) is 0 Å². The first-order valence-corrected chi connectivity index (χ1v) is 19.9. The van der Waals surface area contributed by atoms with E-state index in [1.54, 1.807) is 27.2 Å². The molecule has 324 valence electrons. The third kappa shape index (κ3) is 14.0. The van der Waals surface area contributed by atoms with Crippen molar-refractivity contribution in [3.05, 3.63) is 88.7 Å². The maximum absolute atomic E-state index is 13.9. The van der Waals surface area contributed by atoms with Gasteiger partial charge >= 0.3 is 0 Å². The van der Waals surface area contributed by atoms with Crippen molar-refractivity contribution >= 4 is 38.1 Å². The SMILES string of the molecule is CCCc1cccc2c(-c3c(OC)ccc(CN4CCC(F)(F)CC4)c3OC)cccc12.Cc1cc(N2CCN(CCF)CC2)cc(F)c1C(N)=O.FC(F)P.O=CO. The quantitative estimate of drug-likeness (QED) is 0.0877. The first-order chi connectivity index (χ1) is 28.1. The van der Waals surface area contributed by atoms with Crippen LogP contribution in [0.1, 0.15) is 53.2 Å². The zero-order chi connectivity index (χ0) is 43.7. The van der Waals surface area contributed by atoms with E-state index in [0.29, 0.717) is 31.7 Å². The number of anilines is 1. The number of hydrogen-bond acceptors (Lipinski definition) is 7. The van der Waals surface area contributed by atoms with Gasteiger partial charge in [0.2, 0.25) is 6.17 Å². The maximum Gasteiger partial charge on any atom is 0.290 e. The van der Waals surface area contributed by atoms with Crippen molar-refractivity contribution in [3.63, 3.8) is 0 Å². The second kappa shape index (κ2) is 23.9. The van der Waals surface area contributed by atoms with Gasteiger partial charge in [-0.2, -0.15) is 0 Å². The van der Waals surface area contributed by atoms with E-state index < -0.39 is 23.8 Å². The summed E-state index contributed by atoms with van der Waals surface area (Å²) in [4.78, 5) is 25.7. The van der Waals surface area contributed by atoms with Gasteiger partial charge in [-0.25, -0.2) is 26.3 Å². The van der Waals surface area contributed by atoms with Gasteiger partial charge in [0, 0.05) is 76.5 Å². The highest BCUT2D eigenvalue weighted by Crippen LogP contribution is 2.44. The third-order valence-corrected chi connectivity index (χ3v) is 10.1. The Bertz CT molecular complexity index is 1930. The van der Waals surface area contributed by atoms with E-state index in [0.717, 1.165) is 78.3 Å². The number of ether oxygens (including phenoxy) is 2. The van der Waals surface area contributed by atoms with Crippen molar-refractivity contribution in [1.29, 1.82) is 0 Å². The van der Waals surface area contributed by atoms with Gasteiger partial charge in [-0.05, 0) is 59.0 Å². The summed E-state index contributed by atoms with van der Waals surface area (Å²) in [6.07, 6.45) is -0.335. The number of methoxy groups -OCH3 is 2. The number of carbonyl (C=O) groups is 2. The van der Waals surface area contributed by atoms with Crippen molar-refractivity contribution < 1.29 is 50.5 Å². The summed E-state index contributed by atoms with van der Waals surface area (Å²) in [5.74, 6) is -2.40. The van der Waals surface area contributed by atoms with E-state index in [1.807, 2.05) is 21.9 Å². The molecule has 1 atom stereocenters. The van der Waals surface area contributed by atoms with Crippen LogP contribution in [-0.4, -0.2) is 106 Å². The third-order valence-electron chi connectivity index (χ3n) is 10.1. The molecule has 2 heterocycles. The predicted octanol–water partition coefficient (Wildman–Crippen LogP) is 8.82. The zero-order valence-electron chi connectivity index (χ0n) is 34.0. The summed E-state index contributed by atoms with van der Waals surface area (Å²) in [6, 6.07) is 19.8. The first-order valence-electron chi connectivity index (χ1n) is 19.2. The summed E-state index contributed by atoms with van der Waals surface area (Å²) < 4.78 is 85.7. The van der Waals surface area contributed by atoms with Crippen molar-refractivity contribution in [2.24, 2.45) is 5.73 Å². The number of rotatable bonds is 11. The minimum atomic E-state index is -2.55. The molecule has 2 fully saturated rings. The number of alkyl halides is 5. The average Bonchev–Trinajstić information content (AvgIpc) is 3.19. The van der Waals surface area contributed by atoms with Crippen LogP contribution in [0.5, 0.6) is 11.5 Å². The molecular formula is C43H55F6N4O5P. The molecule has 1 amide bonds. The van der Waals surface area contributed by atoms with Crippen molar-refractivity contribution in [2.75, 3.05) is 71.6 Å². The lowest BCUT2D eigenvalue weighted by Crippen LogP contribution is -2.47. The van der Waals surface area contributed by atoms with E-state index in [9.17, 15) is 31.1 Å². The maximum atomic E-state index is 13.9. The number of hydrogen-bond donors (Lipinski definition) is 2. The van der Waals surface area contributed by atoms with E-state index in [2.05, 4.69) is 48.2 Å². The second-order valence-electron chi connectivity index (χ2n) is 14.0. The number of likely N-dealkylation sites (tertiary alicyclic amines) is 1. The highest BCUT2D eigenvalue weighted by Gasteiger charge is 2.34. The molecule has 2 aliphatic heterocycles. The number of piperazine rings is 1. The van der Waals surface area contributed by atoms with Crippen molar-refractivity contribution in [3.8, 4) is 22.6 Å². The Hall–Kier alpha value is -4.59. The van der Waals surface area contributed by atoms with Crippen LogP contribution in [0.25, 0.3) is 21.9 Å². The summed E-state index contributed by atoms with van der Waals surface area (Å²) in [7, 11) is 4.66. The molecule has 0 aliphatic carbocycles. The molecule has 59 heavy (non-hydrogen) atoms. The summed E-state index contributed by atoms with van der Waals surface area (Å²) in [5.41, 5.74) is 10.7. The van der Waals surface area contributed by atoms with Crippen molar-refractivity contribution in [1.82, 2.24) is 9.80 Å². The van der Waals surface area contributed by atoms with Crippen LogP contribution in [0.15, 0.2) is 60.7 Å². The molecule has 9 nitrogen and oxygen atoms in total. The number of carboxylic acid groups (broad SMARTS) is 1. The lowest BCUT2D eigenvalue weighted by atomic mass is 9.92. The Morgan fingerprint density at radius 3 is 2.08 bits per heavy atom. The van der Waals surface area contributed by atoms with E-state index in [4.69, 9.17) is 25.1 Å². The zero-order valence-corrected chi connectivity index (χ0v) is 35.1. The van der Waals surface area contributed by atoms with E-state index >= 15 is 0 Å². The van der Waals surface area contributed by atoms with E-state index in [-0.39, 0.29) is 31.6 Å². The highest BCUT2D eigenvalue weighted by molar-refractivity contribution is 7.16. The first kappa shape index (κ1) is 48.8. The Balaban J connectivity index is 0.000000294. The molecule has 4 aromatic rings. The standard InChI is InChI=1S/C27H31F2NO2.C14H19F2N3O.CH3F2P.CH2O2/c1-4-7-19-8-5-10-22-21(19)9-6-11-23(22)25-24(31-2)13-12-20(26(25)32-3)18-30-16-14-27(28,29)15-17-30;1-10-8-11(9-12(16)13(10)14(17)20)19-6-4-18(3-2-15)5-7-19;2-1(3)4;2-1-3/h5-6,8-13H,4,7,14-18H2,1-3H3;8-9H,2-7H2,1H3,(H2,17,20);1H,4H2;1H,(H,2,3). The largest absolute Gasteiger partial charge is 0.496 e. The lowest BCUT2D eigenvalue weighted by molar-refractivity contribution is -0.122. The van der Waals surface area contributed by atoms with Gasteiger partial charge < -0.3 is 25.2 Å². The Kier molecular flexibility index (Phi) is 19.7. The van der Waals surface area contributed by atoms with Crippen molar-refractivity contribution in [2.45, 2.75) is 58.2 Å². The van der Waals surface area contributed by atoms with Crippen LogP contribution in [0, 0.1) is 12.7 Å². The number of fused-ring (bicyclic) bond motifs is 1. The van der Waals surface area contributed by atoms with Crippen LogP contribution in [0.2, 0.25) is 0 Å². The van der Waals surface area contributed by atoms with Crippen LogP contribution >= 0.6 is 9.24 Å². The van der Waals surface area contributed by atoms with E-state index in [1.165, 1.54) is 26.3 Å². The van der Waals surface area contributed by atoms with Gasteiger partial charge in [0.05, 0.1) is 25.3 Å². The molecule has 1 unspecified atom stereocenters. The monoisotopic (exact) mass is 852 g/mol. The molecule has 0 saturated carbocycles. The number of carbonyl (C=O) groups excluding carboxylic acids is 1. The molecule has 3 N–H and O–H groups in total. The Morgan fingerprint density at radius 1 is 0.932 bits per heavy atom. The molecule has 16 heteroatoms. The normalized spacial score (nSPS) is 15.2. The molecule has 0 aromatic heterocycles. The predicted molar refractivity (Wildman–Crippen MR) is 225 cm³/mol. The summed E-state index contributed by atoms with van der Waals surface area (Å²) >= 11 is 0. The number of nitrogens with zero attached hydrogens (tertiary/aromatic N) is 3. The molecule has 2 saturated heterocycles. The second-order valence-corrected chi connectivity index (χ2v) is 14.5. The molecule has 6 rings (SSSR count). The number of amides is 1. The number of piperidine rings is 1. The fourth-order valence-corrected chi connectivity index (χ4v) is 7.32. The molecule has 4 aromatic carbocycles. The molecule has 0 spiro atoms. The number of benzene rings is 4. The highest BCUT2D eigenvalue weighted by atomic mass is 31.0. The van der Waals surface area contributed by atoms with Gasteiger partial charge in [-0.1, -0.05) is 65.0 Å². The number of primary amides is 1. The molecule has 0 bridgehead atoms. The Labute approximate surface area is 344 Å². The molecule has 0 radical (unpaired) electrons. The molecular weight excluding hydrogens is 797 g/mol. The number of aryl methyl sites for hydroxylation is 2. The van der Waals surface area contributed by atoms with Crippen LogP contribution in [0.3, 0.4) is 0 Å². The number of nitrogens with two attached hydrogens (primary N) is 1. The number of halogens is 6. The fourth-order valence-electron chi connectivity index (χ4n) is 7.32. The van der Waals surface area contributed by atoms with Gasteiger partial charge in [0.1, 0.15) is 24.0 Å². The van der Waals surface area contributed by atoms with Gasteiger partial charge in [0.25, 0.3) is 18.3 Å². The average molecular weight is 853 g/mol. The fraction of sp³-hybridized carbons (Fsp3) is 0.442. The Morgan fingerprint density at radius 2 is 1.54 bits per heavy atom. The van der Waals surface area contributed by atoms with Crippen LogP contribution in [0.4, 0.5) is 32.0 Å².